The van der Waals surface area contributed by atoms with Crippen LogP contribution in [-0.2, 0) is 9.63 Å². The average molecular weight is 290 g/mol. The zero-order valence-corrected chi connectivity index (χ0v) is 12.1. The molecule has 0 bridgehead atoms. The van der Waals surface area contributed by atoms with Gasteiger partial charge < -0.3 is 19.6 Å². The summed E-state index contributed by atoms with van der Waals surface area (Å²) >= 11 is 0. The topological polar surface area (TPSA) is 69.2 Å². The number of benzene rings is 1. The Hall–Kier alpha value is -2.50. The van der Waals surface area contributed by atoms with E-state index >= 15 is 0 Å². The summed E-state index contributed by atoms with van der Waals surface area (Å²) in [6, 6.07) is 5.40. The van der Waals surface area contributed by atoms with Crippen molar-refractivity contribution in [1.29, 1.82) is 0 Å². The zero-order chi connectivity index (χ0) is 15.2. The van der Waals surface area contributed by atoms with E-state index in [4.69, 9.17) is 14.3 Å². The van der Waals surface area contributed by atoms with E-state index in [-0.39, 0.29) is 5.91 Å². The predicted molar refractivity (Wildman–Crippen MR) is 78.8 cm³/mol. The van der Waals surface area contributed by atoms with Gasteiger partial charge in [0.05, 0.1) is 19.9 Å². The van der Waals surface area contributed by atoms with E-state index in [0.717, 1.165) is 5.56 Å². The van der Waals surface area contributed by atoms with Crippen LogP contribution >= 0.6 is 0 Å². The Labute approximate surface area is 123 Å². The molecule has 0 aliphatic carbocycles. The van der Waals surface area contributed by atoms with Gasteiger partial charge in [0.25, 0.3) is 5.91 Å². The fraction of sp³-hybridized carbons (Fsp3) is 0.333. The van der Waals surface area contributed by atoms with Crippen LogP contribution in [0.5, 0.6) is 11.5 Å². The Balaban J connectivity index is 2.13. The number of amides is 1. The van der Waals surface area contributed by atoms with E-state index in [1.54, 1.807) is 32.4 Å². The first-order valence-corrected chi connectivity index (χ1v) is 6.53. The van der Waals surface area contributed by atoms with E-state index in [1.165, 1.54) is 0 Å². The number of oxime groups is 1. The summed E-state index contributed by atoms with van der Waals surface area (Å²) in [5, 5.41) is 6.68. The van der Waals surface area contributed by atoms with Gasteiger partial charge in [-0.2, -0.15) is 0 Å². The Bertz CT molecular complexity index is 569. The smallest absolute Gasteiger partial charge is 0.264 e. The molecule has 0 saturated heterocycles. The highest BCUT2D eigenvalue weighted by Crippen LogP contribution is 2.28. The van der Waals surface area contributed by atoms with Crippen molar-refractivity contribution >= 4 is 11.6 Å². The highest BCUT2D eigenvalue weighted by Gasteiger charge is 2.30. The molecule has 6 nitrogen and oxygen atoms in total. The second-order valence-electron chi connectivity index (χ2n) is 4.44. The number of carbonyl (C=O) groups excluding carboxylic acids is 1. The van der Waals surface area contributed by atoms with Crippen molar-refractivity contribution in [3.05, 3.63) is 36.4 Å². The van der Waals surface area contributed by atoms with Gasteiger partial charge in [0.2, 0.25) is 6.10 Å². The first-order chi connectivity index (χ1) is 10.2. The largest absolute Gasteiger partial charge is 0.497 e. The van der Waals surface area contributed by atoms with E-state index in [2.05, 4.69) is 17.1 Å². The minimum Gasteiger partial charge on any atom is -0.497 e. The molecule has 112 valence electrons. The summed E-state index contributed by atoms with van der Waals surface area (Å²) in [6.07, 6.45) is 1.36. The molecular formula is C15H18N2O4. The fourth-order valence-electron chi connectivity index (χ4n) is 2.00. The summed E-state index contributed by atoms with van der Waals surface area (Å²) in [7, 11) is 3.17. The molecule has 1 aromatic carbocycles. The molecule has 0 fully saturated rings. The Morgan fingerprint density at radius 2 is 2.33 bits per heavy atom. The van der Waals surface area contributed by atoms with Gasteiger partial charge in [0.15, 0.2) is 0 Å². The lowest BCUT2D eigenvalue weighted by Gasteiger charge is -2.10. The number of nitrogens with one attached hydrogen (secondary N) is 1. The SMILES string of the molecule is C=CCNC(=O)[C@H]1CC(c2cc(OC)ccc2OC)=NO1. The number of hydrogen-bond acceptors (Lipinski definition) is 5. The first-order valence-electron chi connectivity index (χ1n) is 6.53. The second-order valence-corrected chi connectivity index (χ2v) is 4.44. The molecule has 0 radical (unpaired) electrons. The van der Waals surface area contributed by atoms with E-state index < -0.39 is 6.10 Å². The van der Waals surface area contributed by atoms with Crippen molar-refractivity contribution in [1.82, 2.24) is 5.32 Å². The van der Waals surface area contributed by atoms with Gasteiger partial charge >= 0.3 is 0 Å². The van der Waals surface area contributed by atoms with Crippen molar-refractivity contribution < 1.29 is 19.1 Å². The normalized spacial score (nSPS) is 16.7. The van der Waals surface area contributed by atoms with Crippen LogP contribution in [0.2, 0.25) is 0 Å². The molecule has 6 heteroatoms. The van der Waals surface area contributed by atoms with Crippen LogP contribution in [0, 0.1) is 0 Å². The van der Waals surface area contributed by atoms with Crippen molar-refractivity contribution in [2.24, 2.45) is 5.16 Å². The summed E-state index contributed by atoms with van der Waals surface area (Å²) in [5.41, 5.74) is 1.42. The first kappa shape index (κ1) is 14.9. The van der Waals surface area contributed by atoms with Gasteiger partial charge in [-0.25, -0.2) is 0 Å². The maximum Gasteiger partial charge on any atom is 0.264 e. The fourth-order valence-corrected chi connectivity index (χ4v) is 2.00. The quantitative estimate of drug-likeness (QED) is 0.806. The van der Waals surface area contributed by atoms with Crippen LogP contribution in [0.1, 0.15) is 12.0 Å². The van der Waals surface area contributed by atoms with Gasteiger partial charge in [0.1, 0.15) is 11.5 Å². The molecule has 1 N–H and O–H groups in total. The molecule has 21 heavy (non-hydrogen) atoms. The molecule has 0 saturated carbocycles. The van der Waals surface area contributed by atoms with Crippen molar-refractivity contribution in [2.75, 3.05) is 20.8 Å². The van der Waals surface area contributed by atoms with E-state index in [9.17, 15) is 4.79 Å². The van der Waals surface area contributed by atoms with Gasteiger partial charge in [0, 0.05) is 18.5 Å². The summed E-state index contributed by atoms with van der Waals surface area (Å²) in [5.74, 6) is 1.13. The third kappa shape index (κ3) is 3.34. The summed E-state index contributed by atoms with van der Waals surface area (Å²) in [4.78, 5) is 17.0. The van der Waals surface area contributed by atoms with Crippen LogP contribution in [-0.4, -0.2) is 38.5 Å². The number of nitrogens with zero attached hydrogens (tertiary/aromatic N) is 1. The lowest BCUT2D eigenvalue weighted by molar-refractivity contribution is -0.130. The number of carbonyl (C=O) groups is 1. The molecule has 0 aromatic heterocycles. The van der Waals surface area contributed by atoms with Crippen LogP contribution in [0.4, 0.5) is 0 Å². The van der Waals surface area contributed by atoms with Crippen LogP contribution in [0.3, 0.4) is 0 Å². The van der Waals surface area contributed by atoms with Gasteiger partial charge in [-0.1, -0.05) is 11.2 Å². The van der Waals surface area contributed by atoms with E-state index in [0.29, 0.717) is 30.2 Å². The number of methoxy groups -OCH3 is 2. The Kier molecular flexibility index (Phi) is 4.81. The van der Waals surface area contributed by atoms with Gasteiger partial charge in [-0.3, -0.25) is 4.79 Å². The maximum absolute atomic E-state index is 11.8. The molecule has 0 spiro atoms. The molecule has 1 aliphatic heterocycles. The van der Waals surface area contributed by atoms with Crippen LogP contribution < -0.4 is 14.8 Å². The third-order valence-electron chi connectivity index (χ3n) is 3.10. The molecule has 0 unspecified atom stereocenters. The zero-order valence-electron chi connectivity index (χ0n) is 12.1. The molecule has 1 aromatic rings. The second kappa shape index (κ2) is 6.78. The molecule has 1 amide bonds. The molecule has 1 atom stereocenters. The number of rotatable bonds is 6. The van der Waals surface area contributed by atoms with Crippen LogP contribution in [0.25, 0.3) is 0 Å². The Morgan fingerprint density at radius 1 is 1.52 bits per heavy atom. The maximum atomic E-state index is 11.8. The summed E-state index contributed by atoms with van der Waals surface area (Å²) < 4.78 is 10.5. The standard InChI is InChI=1S/C15H18N2O4/c1-4-7-16-15(18)14-9-12(17-21-14)11-8-10(19-2)5-6-13(11)20-3/h4-6,8,14H,1,7,9H2,2-3H3,(H,16,18)/t14-/m1/s1. The number of hydrogen-bond donors (Lipinski definition) is 1. The molecule has 1 heterocycles. The van der Waals surface area contributed by atoms with E-state index in [1.807, 2.05) is 6.07 Å². The number of ether oxygens (including phenoxy) is 2. The van der Waals surface area contributed by atoms with Crippen molar-refractivity contribution in [2.45, 2.75) is 12.5 Å². The minimum absolute atomic E-state index is 0.212. The molecule has 1 aliphatic rings. The Morgan fingerprint density at radius 3 is 3.00 bits per heavy atom. The highest BCUT2D eigenvalue weighted by atomic mass is 16.6. The minimum atomic E-state index is -0.629. The predicted octanol–water partition coefficient (Wildman–Crippen LogP) is 1.50. The monoisotopic (exact) mass is 290 g/mol. The average Bonchev–Trinajstić information content (AvgIpc) is 3.01. The van der Waals surface area contributed by atoms with Gasteiger partial charge in [-0.05, 0) is 18.2 Å². The summed E-state index contributed by atoms with van der Waals surface area (Å²) in [6.45, 7) is 3.95. The lowest BCUT2D eigenvalue weighted by Crippen LogP contribution is -2.34. The van der Waals surface area contributed by atoms with Crippen molar-refractivity contribution in [3.63, 3.8) is 0 Å². The molecule has 2 rings (SSSR count). The lowest BCUT2D eigenvalue weighted by atomic mass is 10.0. The highest BCUT2D eigenvalue weighted by molar-refractivity contribution is 6.06. The third-order valence-corrected chi connectivity index (χ3v) is 3.10. The van der Waals surface area contributed by atoms with Crippen LogP contribution in [0.15, 0.2) is 36.0 Å². The van der Waals surface area contributed by atoms with Crippen molar-refractivity contribution in [3.8, 4) is 11.5 Å². The van der Waals surface area contributed by atoms with Gasteiger partial charge in [-0.15, -0.1) is 6.58 Å². The molecular weight excluding hydrogens is 272 g/mol.